The molecule has 0 radical (unpaired) electrons. The van der Waals surface area contributed by atoms with Gasteiger partial charge in [-0.2, -0.15) is 0 Å². The molecule has 0 unspecified atom stereocenters. The van der Waals surface area contributed by atoms with Gasteiger partial charge in [-0.25, -0.2) is 18.1 Å². The zero-order valence-corrected chi connectivity index (χ0v) is 16.5. The maximum Gasteiger partial charge on any atom is 0.240 e. The van der Waals surface area contributed by atoms with Crippen LogP contribution in [0.2, 0.25) is 5.02 Å². The van der Waals surface area contributed by atoms with Crippen LogP contribution >= 0.6 is 22.9 Å². The number of nitrogens with zero attached hydrogens (tertiary/aromatic N) is 2. The van der Waals surface area contributed by atoms with Crippen LogP contribution in [0.4, 0.5) is 0 Å². The molecule has 0 amide bonds. The van der Waals surface area contributed by atoms with Crippen molar-refractivity contribution in [3.63, 3.8) is 0 Å². The summed E-state index contributed by atoms with van der Waals surface area (Å²) in [6, 6.07) is 8.71. The maximum absolute atomic E-state index is 12.4. The predicted molar refractivity (Wildman–Crippen MR) is 105 cm³/mol. The first-order valence-electron chi connectivity index (χ1n) is 8.07. The number of rotatable bonds is 7. The van der Waals surface area contributed by atoms with Crippen LogP contribution in [-0.4, -0.2) is 24.9 Å². The van der Waals surface area contributed by atoms with Crippen molar-refractivity contribution in [3.05, 3.63) is 63.7 Å². The number of pyridine rings is 1. The van der Waals surface area contributed by atoms with Gasteiger partial charge in [0.15, 0.2) is 0 Å². The summed E-state index contributed by atoms with van der Waals surface area (Å²) in [7, 11) is -3.56. The quantitative estimate of drug-likeness (QED) is 0.599. The molecule has 8 heteroatoms. The van der Waals surface area contributed by atoms with Crippen molar-refractivity contribution in [1.29, 1.82) is 0 Å². The first kappa shape index (κ1) is 19.0. The Labute approximate surface area is 162 Å². The van der Waals surface area contributed by atoms with Crippen LogP contribution in [0, 0.1) is 6.92 Å². The number of nitrogens with one attached hydrogen (secondary N) is 1. The Morgan fingerprint density at radius 3 is 2.73 bits per heavy atom. The molecule has 3 aromatic rings. The molecule has 0 aliphatic rings. The van der Waals surface area contributed by atoms with Gasteiger partial charge < -0.3 is 0 Å². The van der Waals surface area contributed by atoms with Crippen LogP contribution in [-0.2, 0) is 16.4 Å². The van der Waals surface area contributed by atoms with Crippen molar-refractivity contribution >= 4 is 33.0 Å². The smallest absolute Gasteiger partial charge is 0.240 e. The summed E-state index contributed by atoms with van der Waals surface area (Å²) >= 11 is 7.59. The minimum absolute atomic E-state index is 0.222. The molecule has 3 rings (SSSR count). The SMILES string of the molecule is Cc1c(Cl)cccc1S(=O)(=O)NCCCc1nc(-c2ccncc2)cs1. The average Bonchev–Trinajstić information content (AvgIpc) is 3.11. The first-order chi connectivity index (χ1) is 12.5. The van der Waals surface area contributed by atoms with Crippen molar-refractivity contribution in [2.24, 2.45) is 0 Å². The van der Waals surface area contributed by atoms with Crippen LogP contribution in [0.25, 0.3) is 11.3 Å². The molecule has 5 nitrogen and oxygen atoms in total. The van der Waals surface area contributed by atoms with Crippen molar-refractivity contribution in [2.45, 2.75) is 24.7 Å². The normalized spacial score (nSPS) is 11.6. The zero-order valence-electron chi connectivity index (χ0n) is 14.1. The topological polar surface area (TPSA) is 72.0 Å². The van der Waals surface area contributed by atoms with E-state index >= 15 is 0 Å². The highest BCUT2D eigenvalue weighted by Crippen LogP contribution is 2.23. The summed E-state index contributed by atoms with van der Waals surface area (Å²) in [5, 5.41) is 3.43. The van der Waals surface area contributed by atoms with E-state index in [1.165, 1.54) is 0 Å². The largest absolute Gasteiger partial charge is 0.265 e. The molecule has 0 aliphatic heterocycles. The Hall–Kier alpha value is -1.80. The van der Waals surface area contributed by atoms with Crippen LogP contribution in [0.3, 0.4) is 0 Å². The second-order valence-corrected chi connectivity index (χ2v) is 8.81. The monoisotopic (exact) mass is 407 g/mol. The summed E-state index contributed by atoms with van der Waals surface area (Å²) in [6.45, 7) is 2.05. The van der Waals surface area contributed by atoms with Gasteiger partial charge >= 0.3 is 0 Å². The summed E-state index contributed by atoms with van der Waals surface area (Å²) in [5.74, 6) is 0. The number of hydrogen-bond donors (Lipinski definition) is 1. The van der Waals surface area contributed by atoms with Gasteiger partial charge in [-0.1, -0.05) is 17.7 Å². The lowest BCUT2D eigenvalue weighted by molar-refractivity contribution is 0.578. The molecule has 0 atom stereocenters. The Kier molecular flexibility index (Phi) is 6.03. The van der Waals surface area contributed by atoms with E-state index in [2.05, 4.69) is 14.7 Å². The molecule has 0 fully saturated rings. The van der Waals surface area contributed by atoms with Gasteiger partial charge in [-0.3, -0.25) is 4.98 Å². The highest BCUT2D eigenvalue weighted by Gasteiger charge is 2.17. The van der Waals surface area contributed by atoms with E-state index in [4.69, 9.17) is 11.6 Å². The van der Waals surface area contributed by atoms with Crippen molar-refractivity contribution in [3.8, 4) is 11.3 Å². The third kappa shape index (κ3) is 4.48. The number of aromatic nitrogens is 2. The van der Waals surface area contributed by atoms with Gasteiger partial charge in [0.1, 0.15) is 0 Å². The number of benzene rings is 1. The highest BCUT2D eigenvalue weighted by molar-refractivity contribution is 7.89. The third-order valence-corrected chi connectivity index (χ3v) is 6.82. The van der Waals surface area contributed by atoms with Gasteiger partial charge in [-0.15, -0.1) is 11.3 Å². The number of halogens is 1. The molecule has 0 aliphatic carbocycles. The summed E-state index contributed by atoms with van der Waals surface area (Å²) in [6.07, 6.45) is 4.86. The standard InChI is InChI=1S/C18H18ClN3O2S2/c1-13-15(19)4-2-5-17(13)26(23,24)21-9-3-6-18-22-16(12-25-18)14-7-10-20-11-8-14/h2,4-5,7-8,10-12,21H,3,6,9H2,1H3. The van der Waals surface area contributed by atoms with E-state index in [1.807, 2.05) is 17.5 Å². The summed E-state index contributed by atoms with van der Waals surface area (Å²) in [5.41, 5.74) is 2.51. The Balaban J connectivity index is 1.56. The molecular weight excluding hydrogens is 390 g/mol. The number of aryl methyl sites for hydroxylation is 1. The summed E-state index contributed by atoms with van der Waals surface area (Å²) < 4.78 is 27.5. The van der Waals surface area contributed by atoms with E-state index in [1.54, 1.807) is 48.9 Å². The van der Waals surface area contributed by atoms with Crippen molar-refractivity contribution in [2.75, 3.05) is 6.54 Å². The summed E-state index contributed by atoms with van der Waals surface area (Å²) in [4.78, 5) is 8.82. The molecule has 0 bridgehead atoms. The molecule has 2 aromatic heterocycles. The van der Waals surface area contributed by atoms with Crippen LogP contribution in [0.1, 0.15) is 17.0 Å². The second kappa shape index (κ2) is 8.26. The van der Waals surface area contributed by atoms with Crippen LogP contribution in [0.15, 0.2) is 53.0 Å². The predicted octanol–water partition coefficient (Wildman–Crippen LogP) is 4.08. The average molecular weight is 408 g/mol. The fraction of sp³-hybridized carbons (Fsp3) is 0.222. The first-order valence-corrected chi connectivity index (χ1v) is 10.8. The molecule has 0 spiro atoms. The zero-order chi connectivity index (χ0) is 18.6. The Bertz CT molecular complexity index is 989. The van der Waals surface area contributed by atoms with Crippen LogP contribution < -0.4 is 4.72 Å². The van der Waals surface area contributed by atoms with E-state index in [-0.39, 0.29) is 4.90 Å². The fourth-order valence-electron chi connectivity index (χ4n) is 2.48. The van der Waals surface area contributed by atoms with Crippen LogP contribution in [0.5, 0.6) is 0 Å². The molecule has 26 heavy (non-hydrogen) atoms. The second-order valence-electron chi connectivity index (χ2n) is 5.73. The Morgan fingerprint density at radius 2 is 1.96 bits per heavy atom. The van der Waals surface area contributed by atoms with Crippen molar-refractivity contribution < 1.29 is 8.42 Å². The van der Waals surface area contributed by atoms with E-state index in [0.29, 0.717) is 30.0 Å². The molecular formula is C18H18ClN3O2S2. The van der Waals surface area contributed by atoms with E-state index < -0.39 is 10.0 Å². The lowest BCUT2D eigenvalue weighted by Gasteiger charge is -2.09. The molecule has 0 saturated heterocycles. The molecule has 1 aromatic carbocycles. The lowest BCUT2D eigenvalue weighted by atomic mass is 10.2. The van der Waals surface area contributed by atoms with Gasteiger partial charge in [0.25, 0.3) is 0 Å². The number of sulfonamides is 1. The van der Waals surface area contributed by atoms with E-state index in [0.717, 1.165) is 16.3 Å². The molecule has 136 valence electrons. The molecule has 1 N–H and O–H groups in total. The fourth-order valence-corrected chi connectivity index (χ4v) is 4.90. The number of thiazole rings is 1. The minimum atomic E-state index is -3.56. The lowest BCUT2D eigenvalue weighted by Crippen LogP contribution is -2.25. The van der Waals surface area contributed by atoms with Crippen molar-refractivity contribution in [1.82, 2.24) is 14.7 Å². The third-order valence-electron chi connectivity index (χ3n) is 3.89. The van der Waals surface area contributed by atoms with E-state index in [9.17, 15) is 8.42 Å². The van der Waals surface area contributed by atoms with Gasteiger partial charge in [0.2, 0.25) is 10.0 Å². The minimum Gasteiger partial charge on any atom is -0.265 e. The van der Waals surface area contributed by atoms with Gasteiger partial charge in [-0.05, 0) is 43.2 Å². The number of hydrogen-bond acceptors (Lipinski definition) is 5. The molecule has 0 saturated carbocycles. The molecule has 2 heterocycles. The van der Waals surface area contributed by atoms with Gasteiger partial charge in [0.05, 0.1) is 15.6 Å². The Morgan fingerprint density at radius 1 is 1.19 bits per heavy atom. The maximum atomic E-state index is 12.4. The highest BCUT2D eigenvalue weighted by atomic mass is 35.5. The van der Waals surface area contributed by atoms with Gasteiger partial charge in [0, 0.05) is 41.3 Å².